The molecule has 3 N–H and O–H groups in total. The van der Waals surface area contributed by atoms with Crippen LogP contribution in [0.1, 0.15) is 17.5 Å². The summed E-state index contributed by atoms with van der Waals surface area (Å²) in [6.07, 6.45) is 0. The largest absolute Gasteiger partial charge is 0.441 e. The van der Waals surface area contributed by atoms with E-state index in [0.717, 1.165) is 5.52 Å². The first-order valence-electron chi connectivity index (χ1n) is 5.58. The van der Waals surface area contributed by atoms with Crippen LogP contribution in [0.5, 0.6) is 0 Å². The summed E-state index contributed by atoms with van der Waals surface area (Å²) < 4.78 is 5.41. The zero-order valence-electron chi connectivity index (χ0n) is 10.6. The molecule has 0 radical (unpaired) electrons. The maximum Gasteiger partial charge on any atom is 0.255 e. The Morgan fingerprint density at radius 2 is 2.22 bits per heavy atom. The molecule has 0 saturated carbocycles. The lowest BCUT2D eigenvalue weighted by Gasteiger charge is -2.16. The topological polar surface area (TPSA) is 84.4 Å². The summed E-state index contributed by atoms with van der Waals surface area (Å²) in [6, 6.07) is 4.59. The number of aromatic nitrogens is 1. The van der Waals surface area contributed by atoms with Crippen molar-refractivity contribution < 1.29 is 9.21 Å². The minimum Gasteiger partial charge on any atom is -0.441 e. The quantitative estimate of drug-likeness (QED) is 0.782. The maximum absolute atomic E-state index is 11.8. The highest BCUT2D eigenvalue weighted by Gasteiger charge is 2.17. The van der Waals surface area contributed by atoms with E-state index in [1.165, 1.54) is 0 Å². The van der Waals surface area contributed by atoms with Crippen molar-refractivity contribution in [3.63, 3.8) is 0 Å². The van der Waals surface area contributed by atoms with Crippen LogP contribution in [0.25, 0.3) is 11.1 Å². The van der Waals surface area contributed by atoms with Crippen molar-refractivity contribution in [2.24, 2.45) is 5.73 Å². The van der Waals surface area contributed by atoms with Crippen LogP contribution in [0.3, 0.4) is 0 Å². The zero-order valence-corrected chi connectivity index (χ0v) is 10.6. The number of benzene rings is 1. The molecule has 1 amide bonds. The second-order valence-corrected chi connectivity index (χ2v) is 4.31. The van der Waals surface area contributed by atoms with Gasteiger partial charge in [-0.25, -0.2) is 9.99 Å². The summed E-state index contributed by atoms with van der Waals surface area (Å²) >= 11 is 0. The van der Waals surface area contributed by atoms with Crippen molar-refractivity contribution in [2.45, 2.75) is 13.0 Å². The van der Waals surface area contributed by atoms with Gasteiger partial charge >= 0.3 is 0 Å². The van der Waals surface area contributed by atoms with Crippen LogP contribution in [0.4, 0.5) is 0 Å². The van der Waals surface area contributed by atoms with Gasteiger partial charge in [0.25, 0.3) is 5.91 Å². The lowest BCUT2D eigenvalue weighted by atomic mass is 10.1. The summed E-state index contributed by atoms with van der Waals surface area (Å²) in [5, 5.41) is 1.55. The van der Waals surface area contributed by atoms with E-state index in [0.29, 0.717) is 17.0 Å². The fourth-order valence-electron chi connectivity index (χ4n) is 1.69. The summed E-state index contributed by atoms with van der Waals surface area (Å²) in [6.45, 7) is 1.78. The molecule has 0 aliphatic carbocycles. The molecule has 1 unspecified atom stereocenters. The van der Waals surface area contributed by atoms with Crippen LogP contribution in [0, 0.1) is 6.92 Å². The molecular weight excluding hydrogens is 232 g/mol. The van der Waals surface area contributed by atoms with Crippen molar-refractivity contribution >= 4 is 17.0 Å². The van der Waals surface area contributed by atoms with Gasteiger partial charge in [0.2, 0.25) is 0 Å². The molecule has 1 aromatic carbocycles. The van der Waals surface area contributed by atoms with Gasteiger partial charge in [0.15, 0.2) is 11.5 Å². The maximum atomic E-state index is 11.8. The predicted octanol–water partition coefficient (Wildman–Crippen LogP) is 0.729. The van der Waals surface area contributed by atoms with Crippen molar-refractivity contribution in [3.8, 4) is 0 Å². The van der Waals surface area contributed by atoms with Crippen LogP contribution in [0.15, 0.2) is 22.6 Å². The number of hydrogen-bond donors (Lipinski definition) is 2. The van der Waals surface area contributed by atoms with E-state index >= 15 is 0 Å². The average Bonchev–Trinajstić information content (AvgIpc) is 2.65. The lowest BCUT2D eigenvalue weighted by molar-refractivity contribution is -0.126. The summed E-state index contributed by atoms with van der Waals surface area (Å²) in [7, 11) is 3.46. The normalized spacial score (nSPS) is 12.9. The SMILES string of the molecule is Cc1nc2ccc(C(N)C(=O)NN(C)C)cc2o1. The monoisotopic (exact) mass is 248 g/mol. The number of carbonyl (C=O) groups is 1. The van der Waals surface area contributed by atoms with Crippen molar-refractivity contribution in [1.82, 2.24) is 15.4 Å². The standard InChI is InChI=1S/C12H16N4O2/c1-7-14-9-5-4-8(6-10(9)18-7)11(13)12(17)15-16(2)3/h4-6,11H,13H2,1-3H3,(H,15,17). The number of rotatable bonds is 3. The number of fused-ring (bicyclic) bond motifs is 1. The van der Waals surface area contributed by atoms with Gasteiger partial charge in [-0.15, -0.1) is 0 Å². The molecule has 96 valence electrons. The summed E-state index contributed by atoms with van der Waals surface area (Å²) in [5.74, 6) is 0.323. The Balaban J connectivity index is 2.27. The van der Waals surface area contributed by atoms with Crippen LogP contribution in [-0.2, 0) is 4.79 Å². The molecule has 2 rings (SSSR count). The van der Waals surface area contributed by atoms with E-state index in [2.05, 4.69) is 10.4 Å². The molecule has 0 fully saturated rings. The minimum absolute atomic E-state index is 0.268. The van der Waals surface area contributed by atoms with Gasteiger partial charge in [-0.1, -0.05) is 6.07 Å². The molecule has 0 spiro atoms. The molecular formula is C12H16N4O2. The van der Waals surface area contributed by atoms with Gasteiger partial charge in [-0.05, 0) is 17.7 Å². The van der Waals surface area contributed by atoms with Crippen LogP contribution in [-0.4, -0.2) is 30.0 Å². The number of hydrazine groups is 1. The third-order valence-corrected chi connectivity index (χ3v) is 2.49. The first-order chi connectivity index (χ1) is 8.47. The van der Waals surface area contributed by atoms with E-state index in [1.54, 1.807) is 44.2 Å². The first-order valence-corrected chi connectivity index (χ1v) is 5.58. The Morgan fingerprint density at radius 3 is 2.89 bits per heavy atom. The van der Waals surface area contributed by atoms with Gasteiger partial charge in [0.05, 0.1) is 0 Å². The van der Waals surface area contributed by atoms with Gasteiger partial charge < -0.3 is 10.2 Å². The predicted molar refractivity (Wildman–Crippen MR) is 67.5 cm³/mol. The molecule has 6 nitrogen and oxygen atoms in total. The molecule has 0 aliphatic heterocycles. The number of amides is 1. The zero-order chi connectivity index (χ0) is 13.3. The lowest BCUT2D eigenvalue weighted by Crippen LogP contribution is -2.41. The Kier molecular flexibility index (Phi) is 3.31. The highest BCUT2D eigenvalue weighted by molar-refractivity contribution is 5.84. The number of nitrogens with zero attached hydrogens (tertiary/aromatic N) is 2. The molecule has 0 aliphatic rings. The number of carbonyl (C=O) groups excluding carboxylic acids is 1. The smallest absolute Gasteiger partial charge is 0.255 e. The van der Waals surface area contributed by atoms with Crippen LogP contribution < -0.4 is 11.2 Å². The molecule has 1 heterocycles. The Morgan fingerprint density at radius 1 is 1.50 bits per heavy atom. The molecule has 18 heavy (non-hydrogen) atoms. The highest BCUT2D eigenvalue weighted by atomic mass is 16.3. The summed E-state index contributed by atoms with van der Waals surface area (Å²) in [4.78, 5) is 16.0. The Labute approximate surface area is 105 Å². The van der Waals surface area contributed by atoms with E-state index in [-0.39, 0.29) is 5.91 Å². The van der Waals surface area contributed by atoms with Gasteiger partial charge in [-0.2, -0.15) is 0 Å². The van der Waals surface area contributed by atoms with Crippen molar-refractivity contribution in [1.29, 1.82) is 0 Å². The number of nitrogens with two attached hydrogens (primary N) is 1. The molecule has 1 aromatic heterocycles. The second-order valence-electron chi connectivity index (χ2n) is 4.31. The van der Waals surface area contributed by atoms with Gasteiger partial charge in [-0.3, -0.25) is 10.2 Å². The molecule has 6 heteroatoms. The first kappa shape index (κ1) is 12.5. The van der Waals surface area contributed by atoms with E-state index < -0.39 is 6.04 Å². The highest BCUT2D eigenvalue weighted by Crippen LogP contribution is 2.20. The number of nitrogens with one attached hydrogen (secondary N) is 1. The fraction of sp³-hybridized carbons (Fsp3) is 0.333. The van der Waals surface area contributed by atoms with Gasteiger partial charge in [0.1, 0.15) is 11.6 Å². The molecule has 2 aromatic rings. The van der Waals surface area contributed by atoms with Crippen LogP contribution in [0.2, 0.25) is 0 Å². The Bertz CT molecular complexity index is 576. The third-order valence-electron chi connectivity index (χ3n) is 2.49. The van der Waals surface area contributed by atoms with Crippen LogP contribution >= 0.6 is 0 Å². The second kappa shape index (κ2) is 4.75. The molecule has 0 saturated heterocycles. The minimum atomic E-state index is -0.734. The Hall–Kier alpha value is -1.92. The summed E-state index contributed by atoms with van der Waals surface area (Å²) in [5.41, 5.74) is 10.6. The molecule has 1 atom stereocenters. The third kappa shape index (κ3) is 2.49. The van der Waals surface area contributed by atoms with E-state index in [9.17, 15) is 4.79 Å². The van der Waals surface area contributed by atoms with Crippen molar-refractivity contribution in [2.75, 3.05) is 14.1 Å². The molecule has 0 bridgehead atoms. The van der Waals surface area contributed by atoms with Gasteiger partial charge in [0, 0.05) is 21.0 Å². The number of hydrogen-bond acceptors (Lipinski definition) is 5. The average molecular weight is 248 g/mol. The van der Waals surface area contributed by atoms with E-state index in [4.69, 9.17) is 10.2 Å². The number of oxazole rings is 1. The van der Waals surface area contributed by atoms with Crippen molar-refractivity contribution in [3.05, 3.63) is 29.7 Å². The fourth-order valence-corrected chi connectivity index (χ4v) is 1.69. The van der Waals surface area contributed by atoms with E-state index in [1.807, 2.05) is 0 Å². The number of aryl methyl sites for hydroxylation is 1.